The molecule has 2 aromatic rings. The van der Waals surface area contributed by atoms with Crippen LogP contribution in [0.25, 0.3) is 0 Å². The van der Waals surface area contributed by atoms with E-state index in [9.17, 15) is 22.4 Å². The molecular formula is C12H7F4N3O2. The number of rotatable bonds is 3. The monoisotopic (exact) mass is 301 g/mol. The zero-order valence-corrected chi connectivity index (χ0v) is 10.1. The summed E-state index contributed by atoms with van der Waals surface area (Å²) in [7, 11) is 0. The fourth-order valence-electron chi connectivity index (χ4n) is 1.44. The van der Waals surface area contributed by atoms with E-state index in [1.165, 1.54) is 0 Å². The smallest absolute Gasteiger partial charge is 0.416 e. The van der Waals surface area contributed by atoms with Crippen molar-refractivity contribution >= 4 is 17.5 Å². The van der Waals surface area contributed by atoms with Gasteiger partial charge in [-0.05, 0) is 18.2 Å². The molecule has 5 nitrogen and oxygen atoms in total. The van der Waals surface area contributed by atoms with Crippen molar-refractivity contribution in [3.05, 3.63) is 47.7 Å². The average Bonchev–Trinajstić information content (AvgIpc) is 2.40. The van der Waals surface area contributed by atoms with Crippen LogP contribution in [0.4, 0.5) is 29.1 Å². The van der Waals surface area contributed by atoms with Gasteiger partial charge >= 0.3 is 12.1 Å². The maximum Gasteiger partial charge on any atom is 0.416 e. The molecule has 0 aliphatic carbocycles. The molecule has 0 aliphatic heterocycles. The second kappa shape index (κ2) is 5.35. The number of aromatic nitrogens is 2. The van der Waals surface area contributed by atoms with Crippen molar-refractivity contribution in [3.8, 4) is 0 Å². The topological polar surface area (TPSA) is 75.1 Å². The lowest BCUT2D eigenvalue weighted by Gasteiger charge is -2.11. The van der Waals surface area contributed by atoms with E-state index in [1.54, 1.807) is 0 Å². The first-order valence-corrected chi connectivity index (χ1v) is 5.46. The lowest BCUT2D eigenvalue weighted by atomic mass is 10.2. The second-order valence-electron chi connectivity index (χ2n) is 3.91. The molecule has 110 valence electrons. The quantitative estimate of drug-likeness (QED) is 0.852. The second-order valence-corrected chi connectivity index (χ2v) is 3.91. The molecule has 0 amide bonds. The van der Waals surface area contributed by atoms with Crippen LogP contribution in [0.5, 0.6) is 0 Å². The molecule has 0 fully saturated rings. The van der Waals surface area contributed by atoms with Gasteiger partial charge in [0.05, 0.1) is 23.6 Å². The van der Waals surface area contributed by atoms with Crippen LogP contribution in [-0.2, 0) is 6.18 Å². The van der Waals surface area contributed by atoms with Gasteiger partial charge in [-0.1, -0.05) is 0 Å². The summed E-state index contributed by atoms with van der Waals surface area (Å²) in [6, 6.07) is 1.87. The maximum atomic E-state index is 13.5. The van der Waals surface area contributed by atoms with Crippen LogP contribution in [0.15, 0.2) is 30.6 Å². The summed E-state index contributed by atoms with van der Waals surface area (Å²) in [4.78, 5) is 17.7. The maximum absolute atomic E-state index is 13.5. The van der Waals surface area contributed by atoms with Crippen molar-refractivity contribution in [3.63, 3.8) is 0 Å². The number of halogens is 4. The van der Waals surface area contributed by atoms with Crippen molar-refractivity contribution in [2.75, 3.05) is 5.32 Å². The number of nitrogens with zero attached hydrogens (tertiary/aromatic N) is 2. The SMILES string of the molecule is O=C(O)c1cnc(Nc2cc(C(F)(F)F)ccc2F)cn1. The summed E-state index contributed by atoms with van der Waals surface area (Å²) in [5, 5.41) is 10.9. The van der Waals surface area contributed by atoms with E-state index < -0.39 is 29.2 Å². The molecule has 1 aromatic carbocycles. The summed E-state index contributed by atoms with van der Waals surface area (Å²) in [6.45, 7) is 0. The van der Waals surface area contributed by atoms with E-state index in [4.69, 9.17) is 5.11 Å². The van der Waals surface area contributed by atoms with Gasteiger partial charge in [-0.3, -0.25) is 0 Å². The Kier molecular flexibility index (Phi) is 3.74. The van der Waals surface area contributed by atoms with E-state index in [2.05, 4.69) is 15.3 Å². The van der Waals surface area contributed by atoms with Crippen molar-refractivity contribution in [1.29, 1.82) is 0 Å². The summed E-state index contributed by atoms with van der Waals surface area (Å²) in [5.41, 5.74) is -1.81. The first kappa shape index (κ1) is 14.7. The van der Waals surface area contributed by atoms with Gasteiger partial charge in [-0.2, -0.15) is 13.2 Å². The number of hydrogen-bond acceptors (Lipinski definition) is 4. The molecule has 0 spiro atoms. The lowest BCUT2D eigenvalue weighted by Crippen LogP contribution is -2.07. The van der Waals surface area contributed by atoms with Gasteiger partial charge in [0.2, 0.25) is 0 Å². The minimum Gasteiger partial charge on any atom is -0.476 e. The number of aromatic carboxylic acids is 1. The third-order valence-corrected chi connectivity index (χ3v) is 2.43. The van der Waals surface area contributed by atoms with Crippen molar-refractivity contribution in [1.82, 2.24) is 9.97 Å². The Hall–Kier alpha value is -2.71. The van der Waals surface area contributed by atoms with Gasteiger partial charge in [0.15, 0.2) is 5.69 Å². The molecule has 1 heterocycles. The molecule has 0 unspecified atom stereocenters. The van der Waals surface area contributed by atoms with Crippen LogP contribution in [0.1, 0.15) is 16.1 Å². The molecule has 0 radical (unpaired) electrons. The summed E-state index contributed by atoms with van der Waals surface area (Å²) >= 11 is 0. The number of nitrogens with one attached hydrogen (secondary N) is 1. The van der Waals surface area contributed by atoms with Crippen molar-refractivity contribution in [2.24, 2.45) is 0 Å². The molecule has 0 saturated heterocycles. The number of carbonyl (C=O) groups is 1. The highest BCUT2D eigenvalue weighted by atomic mass is 19.4. The van der Waals surface area contributed by atoms with Crippen molar-refractivity contribution < 1.29 is 27.5 Å². The number of carboxylic acids is 1. The van der Waals surface area contributed by atoms with Crippen LogP contribution < -0.4 is 5.32 Å². The third kappa shape index (κ3) is 3.44. The molecule has 21 heavy (non-hydrogen) atoms. The van der Waals surface area contributed by atoms with E-state index >= 15 is 0 Å². The normalized spacial score (nSPS) is 11.2. The Bertz CT molecular complexity index is 671. The number of anilines is 2. The Morgan fingerprint density at radius 1 is 1.19 bits per heavy atom. The van der Waals surface area contributed by atoms with Crippen LogP contribution >= 0.6 is 0 Å². The van der Waals surface area contributed by atoms with Crippen LogP contribution in [0.3, 0.4) is 0 Å². The van der Waals surface area contributed by atoms with Crippen LogP contribution in [0, 0.1) is 5.82 Å². The molecule has 0 bridgehead atoms. The van der Waals surface area contributed by atoms with Gasteiger partial charge in [-0.15, -0.1) is 0 Å². The molecule has 2 N–H and O–H groups in total. The van der Waals surface area contributed by atoms with Gasteiger partial charge in [0.1, 0.15) is 11.6 Å². The highest BCUT2D eigenvalue weighted by molar-refractivity contribution is 5.85. The van der Waals surface area contributed by atoms with E-state index in [0.29, 0.717) is 18.2 Å². The van der Waals surface area contributed by atoms with Crippen molar-refractivity contribution in [2.45, 2.75) is 6.18 Å². The molecular weight excluding hydrogens is 294 g/mol. The Balaban J connectivity index is 2.28. The summed E-state index contributed by atoms with van der Waals surface area (Å²) < 4.78 is 51.1. The molecule has 0 atom stereocenters. The lowest BCUT2D eigenvalue weighted by molar-refractivity contribution is -0.137. The average molecular weight is 301 g/mol. The minimum atomic E-state index is -4.61. The van der Waals surface area contributed by atoms with Gasteiger partial charge in [0.25, 0.3) is 0 Å². The molecule has 1 aromatic heterocycles. The fraction of sp³-hybridized carbons (Fsp3) is 0.0833. The molecule has 2 rings (SSSR count). The first-order valence-electron chi connectivity index (χ1n) is 5.46. The molecule has 0 saturated carbocycles. The Morgan fingerprint density at radius 3 is 2.43 bits per heavy atom. The Labute approximate surface area is 115 Å². The minimum absolute atomic E-state index is 0.0850. The van der Waals surface area contributed by atoms with Gasteiger partial charge in [0, 0.05) is 0 Å². The van der Waals surface area contributed by atoms with E-state index in [1.807, 2.05) is 0 Å². The first-order chi connectivity index (χ1) is 9.77. The van der Waals surface area contributed by atoms with Gasteiger partial charge < -0.3 is 10.4 Å². The van der Waals surface area contributed by atoms with Crippen LogP contribution in [0.2, 0.25) is 0 Å². The number of carboxylic acid groups (broad SMARTS) is 1. The standard InChI is InChI=1S/C12H7F4N3O2/c13-7-2-1-6(12(14,15)16)3-8(7)19-10-5-17-9(4-18-10)11(20)21/h1-5H,(H,18,19)(H,20,21). The Morgan fingerprint density at radius 2 is 1.90 bits per heavy atom. The number of benzene rings is 1. The van der Waals surface area contributed by atoms with Gasteiger partial charge in [-0.25, -0.2) is 19.2 Å². The van der Waals surface area contributed by atoms with E-state index in [-0.39, 0.29) is 11.5 Å². The fourth-order valence-corrected chi connectivity index (χ4v) is 1.44. The van der Waals surface area contributed by atoms with E-state index in [0.717, 1.165) is 12.4 Å². The highest BCUT2D eigenvalue weighted by Crippen LogP contribution is 2.32. The third-order valence-electron chi connectivity index (χ3n) is 2.43. The summed E-state index contributed by atoms with van der Waals surface area (Å²) in [6.07, 6.45) is -2.73. The number of alkyl halides is 3. The summed E-state index contributed by atoms with van der Waals surface area (Å²) in [5.74, 6) is -2.30. The predicted molar refractivity (Wildman–Crippen MR) is 63.7 cm³/mol. The zero-order chi connectivity index (χ0) is 15.6. The zero-order valence-electron chi connectivity index (χ0n) is 10.1. The molecule has 9 heteroatoms. The number of hydrogen-bond donors (Lipinski definition) is 2. The highest BCUT2D eigenvalue weighted by Gasteiger charge is 2.31. The largest absolute Gasteiger partial charge is 0.476 e. The van der Waals surface area contributed by atoms with Crippen LogP contribution in [-0.4, -0.2) is 21.0 Å². The predicted octanol–water partition coefficient (Wildman–Crippen LogP) is 3.08. The molecule has 0 aliphatic rings.